The van der Waals surface area contributed by atoms with Gasteiger partial charge in [-0.15, -0.1) is 0 Å². The molecule has 1 aromatic heterocycles. The van der Waals surface area contributed by atoms with Gasteiger partial charge in [0.05, 0.1) is 12.5 Å². The Labute approximate surface area is 141 Å². The molecule has 4 nitrogen and oxygen atoms in total. The van der Waals surface area contributed by atoms with Crippen molar-refractivity contribution < 1.29 is 9.15 Å². The number of para-hydroxylation sites is 1. The van der Waals surface area contributed by atoms with Crippen LogP contribution in [-0.4, -0.2) is 20.2 Å². The van der Waals surface area contributed by atoms with E-state index in [2.05, 4.69) is 18.7 Å². The first-order chi connectivity index (χ1) is 11.7. The van der Waals surface area contributed by atoms with Crippen molar-refractivity contribution in [3.8, 4) is 17.1 Å². The maximum Gasteiger partial charge on any atom is 0.235 e. The van der Waals surface area contributed by atoms with Crippen molar-refractivity contribution in [2.24, 2.45) is 0 Å². The average molecular weight is 323 g/mol. The fourth-order valence-corrected chi connectivity index (χ4v) is 2.91. The zero-order valence-corrected chi connectivity index (χ0v) is 14.2. The van der Waals surface area contributed by atoms with Crippen molar-refractivity contribution in [3.05, 3.63) is 58.8 Å². The molecule has 1 heterocycles. The third-order valence-corrected chi connectivity index (χ3v) is 4.22. The maximum absolute atomic E-state index is 12.6. The number of methoxy groups -OCH3 is 1. The predicted octanol–water partition coefficient (Wildman–Crippen LogP) is 4.31. The molecule has 24 heavy (non-hydrogen) atoms. The van der Waals surface area contributed by atoms with Gasteiger partial charge in [0.2, 0.25) is 11.2 Å². The highest BCUT2D eigenvalue weighted by atomic mass is 16.5. The molecule has 0 amide bonds. The number of hydrogen-bond acceptors (Lipinski definition) is 4. The van der Waals surface area contributed by atoms with Crippen LogP contribution in [0.15, 0.2) is 57.7 Å². The molecule has 0 saturated heterocycles. The number of rotatable bonds is 5. The van der Waals surface area contributed by atoms with E-state index in [-0.39, 0.29) is 11.2 Å². The van der Waals surface area contributed by atoms with Crippen LogP contribution in [0, 0.1) is 0 Å². The molecule has 0 saturated carbocycles. The summed E-state index contributed by atoms with van der Waals surface area (Å²) < 4.78 is 11.3. The van der Waals surface area contributed by atoms with Crippen LogP contribution >= 0.6 is 0 Å². The molecular weight excluding hydrogens is 302 g/mol. The zero-order valence-electron chi connectivity index (χ0n) is 14.2. The van der Waals surface area contributed by atoms with Crippen LogP contribution in [0.2, 0.25) is 0 Å². The van der Waals surface area contributed by atoms with Gasteiger partial charge in [0.15, 0.2) is 5.76 Å². The second-order valence-electron chi connectivity index (χ2n) is 5.51. The highest BCUT2D eigenvalue weighted by Crippen LogP contribution is 2.31. The molecule has 0 atom stereocenters. The molecule has 0 radical (unpaired) electrons. The normalized spacial score (nSPS) is 10.8. The topological polar surface area (TPSA) is 42.7 Å². The molecule has 3 rings (SSSR count). The highest BCUT2D eigenvalue weighted by Gasteiger charge is 2.16. The summed E-state index contributed by atoms with van der Waals surface area (Å²) in [5.41, 5.74) is 2.38. The predicted molar refractivity (Wildman–Crippen MR) is 98.0 cm³/mol. The van der Waals surface area contributed by atoms with Gasteiger partial charge in [-0.1, -0.05) is 12.1 Å². The molecule has 0 spiro atoms. The van der Waals surface area contributed by atoms with Crippen molar-refractivity contribution in [1.29, 1.82) is 0 Å². The van der Waals surface area contributed by atoms with Crippen molar-refractivity contribution in [3.63, 3.8) is 0 Å². The summed E-state index contributed by atoms with van der Waals surface area (Å²) in [6.07, 6.45) is 0. The Bertz CT molecular complexity index is 893. The van der Waals surface area contributed by atoms with E-state index >= 15 is 0 Å². The maximum atomic E-state index is 12.6. The lowest BCUT2D eigenvalue weighted by molar-refractivity contribution is 0.399. The van der Waals surface area contributed by atoms with Crippen LogP contribution in [0.1, 0.15) is 13.8 Å². The van der Waals surface area contributed by atoms with Gasteiger partial charge in [0.1, 0.15) is 5.58 Å². The number of anilines is 1. The van der Waals surface area contributed by atoms with E-state index in [1.54, 1.807) is 12.1 Å². The minimum absolute atomic E-state index is 0.151. The summed E-state index contributed by atoms with van der Waals surface area (Å²) in [4.78, 5) is 14.9. The Kier molecular flexibility index (Phi) is 4.56. The van der Waals surface area contributed by atoms with E-state index in [1.165, 1.54) is 7.11 Å². The molecule has 0 bridgehead atoms. The first-order valence-electron chi connectivity index (χ1n) is 8.14. The van der Waals surface area contributed by atoms with Gasteiger partial charge < -0.3 is 14.1 Å². The zero-order chi connectivity index (χ0) is 17.1. The van der Waals surface area contributed by atoms with E-state index < -0.39 is 0 Å². The monoisotopic (exact) mass is 323 g/mol. The van der Waals surface area contributed by atoms with E-state index in [1.807, 2.05) is 36.4 Å². The van der Waals surface area contributed by atoms with Gasteiger partial charge in [-0.05, 0) is 50.2 Å². The quantitative estimate of drug-likeness (QED) is 0.701. The fourth-order valence-electron chi connectivity index (χ4n) is 2.91. The minimum atomic E-state index is -0.151. The number of ether oxygens (including phenoxy) is 1. The first kappa shape index (κ1) is 16.1. The first-order valence-corrected chi connectivity index (χ1v) is 8.14. The molecule has 0 N–H and O–H groups in total. The molecule has 0 aliphatic carbocycles. The van der Waals surface area contributed by atoms with Crippen molar-refractivity contribution in [2.75, 3.05) is 25.1 Å². The van der Waals surface area contributed by atoms with Gasteiger partial charge in [-0.3, -0.25) is 4.79 Å². The lowest BCUT2D eigenvalue weighted by atomic mass is 10.1. The summed E-state index contributed by atoms with van der Waals surface area (Å²) in [7, 11) is 1.49. The van der Waals surface area contributed by atoms with Crippen molar-refractivity contribution in [2.45, 2.75) is 13.8 Å². The van der Waals surface area contributed by atoms with Gasteiger partial charge in [-0.2, -0.15) is 0 Å². The third kappa shape index (κ3) is 2.75. The highest BCUT2D eigenvalue weighted by molar-refractivity contribution is 5.82. The molecule has 0 aliphatic heterocycles. The van der Waals surface area contributed by atoms with Crippen LogP contribution in [0.5, 0.6) is 5.75 Å². The fraction of sp³-hybridized carbons (Fsp3) is 0.250. The molecule has 2 aromatic carbocycles. The molecule has 0 aliphatic rings. The number of fused-ring (bicyclic) bond motifs is 1. The van der Waals surface area contributed by atoms with Crippen LogP contribution in [0.4, 0.5) is 5.69 Å². The van der Waals surface area contributed by atoms with Crippen LogP contribution in [0.25, 0.3) is 22.3 Å². The van der Waals surface area contributed by atoms with E-state index in [0.717, 1.165) is 24.3 Å². The second-order valence-corrected chi connectivity index (χ2v) is 5.51. The summed E-state index contributed by atoms with van der Waals surface area (Å²) in [6, 6.07) is 15.2. The minimum Gasteiger partial charge on any atom is -0.490 e. The molecule has 4 heteroatoms. The number of hydrogen-bond donors (Lipinski definition) is 0. The Balaban J connectivity index is 2.13. The average Bonchev–Trinajstić information content (AvgIpc) is 2.63. The van der Waals surface area contributed by atoms with Gasteiger partial charge in [-0.25, -0.2) is 0 Å². The van der Waals surface area contributed by atoms with Gasteiger partial charge in [0.25, 0.3) is 0 Å². The van der Waals surface area contributed by atoms with Gasteiger partial charge >= 0.3 is 0 Å². The number of nitrogens with zero attached hydrogens (tertiary/aromatic N) is 1. The van der Waals surface area contributed by atoms with Crippen LogP contribution in [-0.2, 0) is 0 Å². The lowest BCUT2D eigenvalue weighted by Gasteiger charge is -2.21. The van der Waals surface area contributed by atoms with Crippen molar-refractivity contribution in [1.82, 2.24) is 0 Å². The van der Waals surface area contributed by atoms with Crippen LogP contribution < -0.4 is 15.1 Å². The molecule has 0 fully saturated rings. The largest absolute Gasteiger partial charge is 0.490 e. The summed E-state index contributed by atoms with van der Waals surface area (Å²) >= 11 is 0. The summed E-state index contributed by atoms with van der Waals surface area (Å²) in [5.74, 6) is 0.705. The molecular formula is C20H21NO3. The van der Waals surface area contributed by atoms with E-state index in [4.69, 9.17) is 9.15 Å². The summed E-state index contributed by atoms with van der Waals surface area (Å²) in [5, 5.41) is 0.526. The molecule has 124 valence electrons. The standard InChI is InChI=1S/C20H21NO3/c1-4-21(5-2)15-12-10-14(11-13-15)19-20(23-3)18(22)16-8-6-7-9-17(16)24-19/h6-13H,4-5H2,1-3H3. The van der Waals surface area contributed by atoms with E-state index in [0.29, 0.717) is 16.7 Å². The smallest absolute Gasteiger partial charge is 0.235 e. The lowest BCUT2D eigenvalue weighted by Crippen LogP contribution is -2.21. The Hall–Kier alpha value is -2.75. The third-order valence-electron chi connectivity index (χ3n) is 4.22. The van der Waals surface area contributed by atoms with Gasteiger partial charge in [0, 0.05) is 24.3 Å². The van der Waals surface area contributed by atoms with Crippen molar-refractivity contribution >= 4 is 16.7 Å². The second kappa shape index (κ2) is 6.79. The number of benzene rings is 2. The van der Waals surface area contributed by atoms with Crippen LogP contribution in [0.3, 0.4) is 0 Å². The molecule has 0 unspecified atom stereocenters. The Morgan fingerprint density at radius 3 is 2.29 bits per heavy atom. The summed E-state index contributed by atoms with van der Waals surface area (Å²) in [6.45, 7) is 6.15. The Morgan fingerprint density at radius 2 is 1.67 bits per heavy atom. The Morgan fingerprint density at radius 1 is 1.00 bits per heavy atom. The van der Waals surface area contributed by atoms with E-state index in [9.17, 15) is 4.79 Å². The SMILES string of the molecule is CCN(CC)c1ccc(-c2oc3ccccc3c(=O)c2OC)cc1. The molecule has 3 aromatic rings.